The van der Waals surface area contributed by atoms with Crippen LogP contribution in [0.5, 0.6) is 23.0 Å². The predicted octanol–water partition coefficient (Wildman–Crippen LogP) is 4.92. The molecule has 0 N–H and O–H groups in total. The fourth-order valence-corrected chi connectivity index (χ4v) is 3.41. The molecule has 5 heteroatoms. The van der Waals surface area contributed by atoms with Crippen LogP contribution in [-0.4, -0.2) is 28.4 Å². The van der Waals surface area contributed by atoms with Gasteiger partial charge in [0.1, 0.15) is 5.75 Å². The minimum absolute atomic E-state index is 0.529. The fraction of sp³-hybridized carbons (Fsp3) is 0.200. The number of methoxy groups -OCH3 is 4. The molecule has 3 rings (SSSR count). The number of hydrogen-bond acceptors (Lipinski definition) is 5. The van der Waals surface area contributed by atoms with E-state index in [0.29, 0.717) is 17.2 Å². The van der Waals surface area contributed by atoms with E-state index in [-0.39, 0.29) is 0 Å². The maximum Gasteiger partial charge on any atom is 0.203 e. The molecule has 0 atom stereocenters. The van der Waals surface area contributed by atoms with Crippen LogP contribution in [0.4, 0.5) is 0 Å². The summed E-state index contributed by atoms with van der Waals surface area (Å²) >= 11 is 1.66. The summed E-state index contributed by atoms with van der Waals surface area (Å²) < 4.78 is 22.0. The van der Waals surface area contributed by atoms with E-state index in [1.807, 2.05) is 12.1 Å². The molecule has 129 valence electrons. The fourth-order valence-electron chi connectivity index (χ4n) is 2.75. The van der Waals surface area contributed by atoms with Crippen LogP contribution in [0.3, 0.4) is 0 Å². The summed E-state index contributed by atoms with van der Waals surface area (Å²) in [6.45, 7) is 0. The van der Waals surface area contributed by atoms with Crippen molar-refractivity contribution in [3.8, 4) is 45.3 Å². The minimum Gasteiger partial charge on any atom is -0.496 e. The molecule has 0 aliphatic rings. The van der Waals surface area contributed by atoms with Gasteiger partial charge in [0.25, 0.3) is 0 Å². The van der Waals surface area contributed by atoms with E-state index in [0.717, 1.165) is 28.0 Å². The highest BCUT2D eigenvalue weighted by atomic mass is 32.1. The Morgan fingerprint density at radius 1 is 0.800 bits per heavy atom. The zero-order valence-corrected chi connectivity index (χ0v) is 15.4. The van der Waals surface area contributed by atoms with Gasteiger partial charge in [-0.05, 0) is 52.2 Å². The van der Waals surface area contributed by atoms with E-state index < -0.39 is 0 Å². The second-order valence-corrected chi connectivity index (χ2v) is 6.01. The summed E-state index contributed by atoms with van der Waals surface area (Å²) in [6.07, 6.45) is 0. The number of rotatable bonds is 6. The van der Waals surface area contributed by atoms with Crippen molar-refractivity contribution < 1.29 is 18.9 Å². The summed E-state index contributed by atoms with van der Waals surface area (Å²) in [5, 5.41) is 4.17. The standard InChI is InChI=1S/C20H19O4S/c1-21-17-7-5-13(14-9-10-25-12-14)11-16(17)15-6-8-18(22-2)20(24-4)19(15)23-3/h5,7-12H,1-4H3. The highest BCUT2D eigenvalue weighted by Crippen LogP contribution is 2.47. The van der Waals surface area contributed by atoms with Crippen LogP contribution in [0.25, 0.3) is 22.3 Å². The monoisotopic (exact) mass is 355 g/mol. The van der Waals surface area contributed by atoms with Crippen LogP contribution in [0.15, 0.2) is 41.1 Å². The summed E-state index contributed by atoms with van der Waals surface area (Å²) in [5.41, 5.74) is 3.90. The van der Waals surface area contributed by atoms with Crippen molar-refractivity contribution in [1.29, 1.82) is 0 Å². The summed E-state index contributed by atoms with van der Waals surface area (Å²) in [7, 11) is 6.42. The highest BCUT2D eigenvalue weighted by Gasteiger charge is 2.20. The lowest BCUT2D eigenvalue weighted by Gasteiger charge is -2.17. The lowest BCUT2D eigenvalue weighted by molar-refractivity contribution is 0.325. The van der Waals surface area contributed by atoms with E-state index in [2.05, 4.69) is 29.0 Å². The molecule has 1 radical (unpaired) electrons. The molecule has 0 aliphatic carbocycles. The van der Waals surface area contributed by atoms with Crippen molar-refractivity contribution in [2.45, 2.75) is 0 Å². The van der Waals surface area contributed by atoms with Crippen LogP contribution in [0.2, 0.25) is 0 Å². The van der Waals surface area contributed by atoms with E-state index in [1.54, 1.807) is 45.8 Å². The van der Waals surface area contributed by atoms with E-state index in [4.69, 9.17) is 18.9 Å². The van der Waals surface area contributed by atoms with Gasteiger partial charge in [-0.2, -0.15) is 11.3 Å². The summed E-state index contributed by atoms with van der Waals surface area (Å²) in [4.78, 5) is 0. The summed E-state index contributed by atoms with van der Waals surface area (Å²) in [6, 6.07) is 13.1. The summed E-state index contributed by atoms with van der Waals surface area (Å²) in [5.74, 6) is 2.39. The highest BCUT2D eigenvalue weighted by molar-refractivity contribution is 7.08. The third-order valence-corrected chi connectivity index (χ3v) is 4.64. The molecule has 25 heavy (non-hydrogen) atoms. The molecule has 0 unspecified atom stereocenters. The zero-order valence-electron chi connectivity index (χ0n) is 14.6. The Morgan fingerprint density at radius 2 is 1.56 bits per heavy atom. The second kappa shape index (κ2) is 7.49. The first-order chi connectivity index (χ1) is 12.2. The first kappa shape index (κ1) is 17.2. The Bertz CT molecular complexity index is 856. The Kier molecular flexibility index (Phi) is 5.14. The average Bonchev–Trinajstić information content (AvgIpc) is 3.20. The normalized spacial score (nSPS) is 10.4. The quantitative estimate of drug-likeness (QED) is 0.629. The topological polar surface area (TPSA) is 36.9 Å². The molecule has 0 amide bonds. The van der Waals surface area contributed by atoms with Gasteiger partial charge < -0.3 is 18.9 Å². The van der Waals surface area contributed by atoms with Crippen molar-refractivity contribution in [1.82, 2.24) is 0 Å². The van der Waals surface area contributed by atoms with Gasteiger partial charge in [0, 0.05) is 11.1 Å². The lowest BCUT2D eigenvalue weighted by atomic mass is 9.98. The predicted molar refractivity (Wildman–Crippen MR) is 100 cm³/mol. The number of thiophene rings is 1. The average molecular weight is 355 g/mol. The molecular formula is C20H19O4S. The molecule has 4 nitrogen and oxygen atoms in total. The number of ether oxygens (including phenoxy) is 4. The van der Waals surface area contributed by atoms with Crippen molar-refractivity contribution in [2.75, 3.05) is 28.4 Å². The van der Waals surface area contributed by atoms with Gasteiger partial charge in [0.15, 0.2) is 11.5 Å². The van der Waals surface area contributed by atoms with E-state index >= 15 is 0 Å². The lowest BCUT2D eigenvalue weighted by Crippen LogP contribution is -1.98. The van der Waals surface area contributed by atoms with Gasteiger partial charge >= 0.3 is 0 Å². The van der Waals surface area contributed by atoms with Crippen LogP contribution in [0, 0.1) is 6.07 Å². The number of hydrogen-bond donors (Lipinski definition) is 0. The molecule has 0 spiro atoms. The Balaban J connectivity index is 2.23. The van der Waals surface area contributed by atoms with Crippen molar-refractivity contribution in [2.24, 2.45) is 0 Å². The van der Waals surface area contributed by atoms with Crippen LogP contribution < -0.4 is 18.9 Å². The first-order valence-electron chi connectivity index (χ1n) is 7.65. The SMILES string of the molecule is COc1ccc(-c2ccsc2)cc1-c1[c]cc(OC)c(OC)c1OC. The van der Waals surface area contributed by atoms with Crippen molar-refractivity contribution in [3.05, 3.63) is 47.2 Å². The van der Waals surface area contributed by atoms with Crippen molar-refractivity contribution in [3.63, 3.8) is 0 Å². The molecule has 1 aromatic heterocycles. The zero-order chi connectivity index (χ0) is 17.8. The van der Waals surface area contributed by atoms with Gasteiger partial charge in [-0.25, -0.2) is 0 Å². The van der Waals surface area contributed by atoms with E-state index in [9.17, 15) is 0 Å². The van der Waals surface area contributed by atoms with Gasteiger partial charge in [-0.1, -0.05) is 6.07 Å². The minimum atomic E-state index is 0.529. The van der Waals surface area contributed by atoms with Crippen LogP contribution in [0.1, 0.15) is 0 Å². The van der Waals surface area contributed by atoms with Crippen LogP contribution >= 0.6 is 11.3 Å². The van der Waals surface area contributed by atoms with E-state index in [1.165, 1.54) is 0 Å². The Labute approximate surface area is 151 Å². The van der Waals surface area contributed by atoms with Gasteiger partial charge in [0.2, 0.25) is 5.75 Å². The Hall–Kier alpha value is -2.66. The first-order valence-corrected chi connectivity index (χ1v) is 8.59. The maximum absolute atomic E-state index is 5.60. The smallest absolute Gasteiger partial charge is 0.203 e. The Morgan fingerprint density at radius 3 is 2.16 bits per heavy atom. The molecule has 0 fully saturated rings. The molecule has 0 bridgehead atoms. The molecular weight excluding hydrogens is 336 g/mol. The third kappa shape index (κ3) is 3.15. The number of benzene rings is 2. The van der Waals surface area contributed by atoms with Crippen molar-refractivity contribution >= 4 is 11.3 Å². The molecule has 0 aliphatic heterocycles. The molecule has 3 aromatic rings. The van der Waals surface area contributed by atoms with Crippen LogP contribution in [-0.2, 0) is 0 Å². The van der Waals surface area contributed by atoms with Gasteiger partial charge in [0.05, 0.1) is 28.4 Å². The van der Waals surface area contributed by atoms with Gasteiger partial charge in [-0.3, -0.25) is 0 Å². The van der Waals surface area contributed by atoms with Gasteiger partial charge in [-0.15, -0.1) is 0 Å². The molecule has 1 heterocycles. The second-order valence-electron chi connectivity index (χ2n) is 5.23. The molecule has 0 saturated carbocycles. The maximum atomic E-state index is 5.60. The largest absolute Gasteiger partial charge is 0.496 e. The molecule has 2 aromatic carbocycles. The molecule has 0 saturated heterocycles. The third-order valence-electron chi connectivity index (χ3n) is 3.96.